The number of hydrogen-bond acceptors (Lipinski definition) is 2. The standard InChI is InChI=1S/C9H7FO3.FH/c10-7-3-1-6(2-4-7)8(11)5-9(12)13;/h1-4H,5H2,(H,12,13);1H. The van der Waals surface area contributed by atoms with Crippen LogP contribution < -0.4 is 0 Å². The molecule has 0 aromatic heterocycles. The van der Waals surface area contributed by atoms with Gasteiger partial charge in [0.2, 0.25) is 0 Å². The van der Waals surface area contributed by atoms with E-state index >= 15 is 0 Å². The van der Waals surface area contributed by atoms with E-state index in [2.05, 4.69) is 0 Å². The average Bonchev–Trinajstić information content (AvgIpc) is 2.04. The van der Waals surface area contributed by atoms with E-state index in [1.807, 2.05) is 0 Å². The lowest BCUT2D eigenvalue weighted by Gasteiger charge is -1.96. The first-order valence-corrected chi connectivity index (χ1v) is 3.60. The Labute approximate surface area is 78.5 Å². The molecule has 0 spiro atoms. The zero-order valence-corrected chi connectivity index (χ0v) is 7.07. The molecule has 1 N–H and O–H groups in total. The van der Waals surface area contributed by atoms with Crippen LogP contribution in [0.1, 0.15) is 16.8 Å². The summed E-state index contributed by atoms with van der Waals surface area (Å²) >= 11 is 0. The summed E-state index contributed by atoms with van der Waals surface area (Å²) in [5.74, 6) is -2.16. The number of benzene rings is 1. The van der Waals surface area contributed by atoms with E-state index in [9.17, 15) is 14.0 Å². The van der Waals surface area contributed by atoms with Gasteiger partial charge in [0.05, 0.1) is 0 Å². The number of carboxylic acids is 1. The Balaban J connectivity index is 0.00000169. The first-order chi connectivity index (χ1) is 6.09. The number of rotatable bonds is 3. The van der Waals surface area contributed by atoms with Crippen molar-refractivity contribution in [2.75, 3.05) is 0 Å². The fraction of sp³-hybridized carbons (Fsp3) is 0.111. The van der Waals surface area contributed by atoms with Crippen LogP contribution in [-0.2, 0) is 4.79 Å². The van der Waals surface area contributed by atoms with Crippen molar-refractivity contribution in [1.82, 2.24) is 0 Å². The molecular weight excluding hydrogens is 194 g/mol. The van der Waals surface area contributed by atoms with Crippen LogP contribution in [0, 0.1) is 5.82 Å². The number of ketones is 1. The Morgan fingerprint density at radius 1 is 1.21 bits per heavy atom. The largest absolute Gasteiger partial charge is 0.481 e. The van der Waals surface area contributed by atoms with E-state index in [0.717, 1.165) is 12.1 Å². The molecular formula is C9H8F2O3. The molecule has 0 amide bonds. The van der Waals surface area contributed by atoms with Crippen LogP contribution in [0.5, 0.6) is 0 Å². The highest BCUT2D eigenvalue weighted by Crippen LogP contribution is 2.05. The quantitative estimate of drug-likeness (QED) is 0.598. The van der Waals surface area contributed by atoms with Gasteiger partial charge in [-0.2, -0.15) is 0 Å². The predicted molar refractivity (Wildman–Crippen MR) is 45.5 cm³/mol. The van der Waals surface area contributed by atoms with Crippen molar-refractivity contribution < 1.29 is 23.8 Å². The summed E-state index contributed by atoms with van der Waals surface area (Å²) in [6, 6.07) is 4.77. The lowest BCUT2D eigenvalue weighted by Crippen LogP contribution is -2.06. The second kappa shape index (κ2) is 5.06. The topological polar surface area (TPSA) is 54.4 Å². The van der Waals surface area contributed by atoms with Gasteiger partial charge in [-0.05, 0) is 24.3 Å². The smallest absolute Gasteiger partial charge is 0.311 e. The van der Waals surface area contributed by atoms with Gasteiger partial charge in [0.25, 0.3) is 0 Å². The van der Waals surface area contributed by atoms with Crippen LogP contribution in [0.2, 0.25) is 0 Å². The highest BCUT2D eigenvalue weighted by molar-refractivity contribution is 6.05. The molecule has 0 aliphatic heterocycles. The number of Topliss-reactive ketones (excluding diaryl/α,β-unsaturated/α-hetero) is 1. The second-order valence-electron chi connectivity index (χ2n) is 2.50. The van der Waals surface area contributed by atoms with Crippen LogP contribution >= 0.6 is 0 Å². The van der Waals surface area contributed by atoms with Gasteiger partial charge in [-0.15, -0.1) is 0 Å². The monoisotopic (exact) mass is 202 g/mol. The van der Waals surface area contributed by atoms with Crippen LogP contribution in [0.15, 0.2) is 24.3 Å². The van der Waals surface area contributed by atoms with E-state index < -0.39 is 24.0 Å². The summed E-state index contributed by atoms with van der Waals surface area (Å²) in [5.41, 5.74) is 0.212. The van der Waals surface area contributed by atoms with Gasteiger partial charge in [0.15, 0.2) is 5.78 Å². The normalized spacial score (nSPS) is 8.93. The first-order valence-electron chi connectivity index (χ1n) is 3.60. The van der Waals surface area contributed by atoms with E-state index in [-0.39, 0.29) is 10.3 Å². The molecule has 3 nitrogen and oxygen atoms in total. The molecule has 1 aromatic rings. The predicted octanol–water partition coefficient (Wildman–Crippen LogP) is 1.64. The van der Waals surface area contributed by atoms with Crippen LogP contribution in [-0.4, -0.2) is 16.9 Å². The number of carbonyl (C=O) groups is 2. The summed E-state index contributed by atoms with van der Waals surface area (Å²) in [6.07, 6.45) is -0.564. The summed E-state index contributed by atoms with van der Waals surface area (Å²) in [4.78, 5) is 21.2. The van der Waals surface area contributed by atoms with Crippen molar-refractivity contribution in [2.45, 2.75) is 6.42 Å². The molecule has 14 heavy (non-hydrogen) atoms. The number of aliphatic carboxylic acids is 1. The van der Waals surface area contributed by atoms with Crippen molar-refractivity contribution in [1.29, 1.82) is 0 Å². The minimum atomic E-state index is -1.19. The Morgan fingerprint density at radius 2 is 1.71 bits per heavy atom. The Hall–Kier alpha value is -1.78. The Morgan fingerprint density at radius 3 is 2.14 bits per heavy atom. The number of carbonyl (C=O) groups excluding carboxylic acids is 1. The molecule has 1 rings (SSSR count). The summed E-state index contributed by atoms with van der Waals surface area (Å²) in [7, 11) is 0. The minimum absolute atomic E-state index is 0. The van der Waals surface area contributed by atoms with Crippen molar-refractivity contribution in [2.24, 2.45) is 0 Å². The van der Waals surface area contributed by atoms with Crippen LogP contribution in [0.4, 0.5) is 9.09 Å². The number of hydrogen-bond donors (Lipinski definition) is 1. The molecule has 0 unspecified atom stereocenters. The maximum Gasteiger partial charge on any atom is 0.311 e. The van der Waals surface area contributed by atoms with Gasteiger partial charge in [-0.3, -0.25) is 14.3 Å². The van der Waals surface area contributed by atoms with Crippen molar-refractivity contribution in [3.8, 4) is 0 Å². The zero-order valence-electron chi connectivity index (χ0n) is 7.07. The van der Waals surface area contributed by atoms with Gasteiger partial charge < -0.3 is 5.11 Å². The summed E-state index contributed by atoms with van der Waals surface area (Å²) in [5, 5.41) is 8.30. The Kier molecular flexibility index (Phi) is 4.42. The molecule has 76 valence electrons. The molecule has 0 radical (unpaired) electrons. The molecule has 0 saturated heterocycles. The molecule has 0 fully saturated rings. The van der Waals surface area contributed by atoms with Gasteiger partial charge in [-0.25, -0.2) is 4.39 Å². The maximum absolute atomic E-state index is 12.4. The van der Waals surface area contributed by atoms with E-state index in [0.29, 0.717) is 0 Å². The molecule has 0 saturated carbocycles. The van der Waals surface area contributed by atoms with Gasteiger partial charge >= 0.3 is 5.97 Å². The molecule has 0 aliphatic carbocycles. The lowest BCUT2D eigenvalue weighted by atomic mass is 10.1. The van der Waals surface area contributed by atoms with Crippen LogP contribution in [0.3, 0.4) is 0 Å². The van der Waals surface area contributed by atoms with Crippen molar-refractivity contribution in [3.05, 3.63) is 35.6 Å². The van der Waals surface area contributed by atoms with E-state index in [1.54, 1.807) is 0 Å². The van der Waals surface area contributed by atoms with Crippen molar-refractivity contribution >= 4 is 11.8 Å². The average molecular weight is 202 g/mol. The zero-order chi connectivity index (χ0) is 9.84. The number of carboxylic acid groups (broad SMARTS) is 1. The molecule has 0 atom stereocenters. The molecule has 0 bridgehead atoms. The molecule has 5 heteroatoms. The molecule has 1 aromatic carbocycles. The highest BCUT2D eigenvalue weighted by Gasteiger charge is 2.09. The van der Waals surface area contributed by atoms with Crippen molar-refractivity contribution in [3.63, 3.8) is 0 Å². The fourth-order valence-corrected chi connectivity index (χ4v) is 0.875. The first kappa shape index (κ1) is 12.2. The van der Waals surface area contributed by atoms with Gasteiger partial charge in [-0.1, -0.05) is 0 Å². The maximum atomic E-state index is 12.4. The fourth-order valence-electron chi connectivity index (χ4n) is 0.875. The molecule has 0 aliphatic rings. The highest BCUT2D eigenvalue weighted by atomic mass is 19.1. The van der Waals surface area contributed by atoms with E-state index in [4.69, 9.17) is 5.11 Å². The molecule has 0 heterocycles. The third kappa shape index (κ3) is 3.30. The second-order valence-corrected chi connectivity index (χ2v) is 2.50. The van der Waals surface area contributed by atoms with Gasteiger partial charge in [0.1, 0.15) is 12.2 Å². The van der Waals surface area contributed by atoms with E-state index in [1.165, 1.54) is 12.1 Å². The SMILES string of the molecule is F.O=C(O)CC(=O)c1ccc(F)cc1. The third-order valence-corrected chi connectivity index (χ3v) is 1.48. The summed E-state index contributed by atoms with van der Waals surface area (Å²) < 4.78 is 12.4. The van der Waals surface area contributed by atoms with Gasteiger partial charge in [0, 0.05) is 5.56 Å². The third-order valence-electron chi connectivity index (χ3n) is 1.48. The number of halogens is 2. The lowest BCUT2D eigenvalue weighted by molar-refractivity contribution is -0.135. The van der Waals surface area contributed by atoms with Crippen LogP contribution in [0.25, 0.3) is 0 Å². The minimum Gasteiger partial charge on any atom is -0.481 e. The Bertz CT molecular complexity index is 332. The summed E-state index contributed by atoms with van der Waals surface area (Å²) in [6.45, 7) is 0.